The summed E-state index contributed by atoms with van der Waals surface area (Å²) in [6.45, 7) is 4.47. The maximum atomic E-state index is 12.2. The Morgan fingerprint density at radius 1 is 0.935 bits per heavy atom. The van der Waals surface area contributed by atoms with Crippen molar-refractivity contribution in [2.45, 2.75) is 33.4 Å². The smallest absolute Gasteiger partial charge is 0.256 e. The van der Waals surface area contributed by atoms with Crippen molar-refractivity contribution >= 4 is 28.8 Å². The largest absolute Gasteiger partial charge is 0.352 e. The highest BCUT2D eigenvalue weighted by Crippen LogP contribution is 2.19. The van der Waals surface area contributed by atoms with E-state index in [2.05, 4.69) is 14.9 Å². The molecule has 0 unspecified atom stereocenters. The Kier molecular flexibility index (Phi) is 5.66. The molecule has 0 radical (unpaired) electrons. The molecule has 1 N–H and O–H groups in total. The van der Waals surface area contributed by atoms with Gasteiger partial charge >= 0.3 is 0 Å². The molecule has 7 nitrogen and oxygen atoms in total. The van der Waals surface area contributed by atoms with Crippen molar-refractivity contribution in [3.63, 3.8) is 0 Å². The summed E-state index contributed by atoms with van der Waals surface area (Å²) in [4.78, 5) is 41.8. The van der Waals surface area contributed by atoms with Crippen LogP contribution in [0.3, 0.4) is 0 Å². The number of fused-ring (bicyclic) bond motifs is 1. The monoisotopic (exact) mass is 416 g/mol. The summed E-state index contributed by atoms with van der Waals surface area (Å²) in [5, 5.41) is 2.85. The third-order valence-corrected chi connectivity index (χ3v) is 5.65. The minimum absolute atomic E-state index is 0.0871. The van der Waals surface area contributed by atoms with Gasteiger partial charge in [-0.3, -0.25) is 19.3 Å². The number of hydrogen-bond acceptors (Lipinski definition) is 4. The lowest BCUT2D eigenvalue weighted by Gasteiger charge is -2.14. The number of carbonyl (C=O) groups is 3. The third kappa shape index (κ3) is 4.26. The van der Waals surface area contributed by atoms with Crippen LogP contribution in [-0.2, 0) is 27.5 Å². The lowest BCUT2D eigenvalue weighted by molar-refractivity contribution is -0.137. The Labute approximate surface area is 180 Å². The molecule has 0 aliphatic carbocycles. The van der Waals surface area contributed by atoms with E-state index in [0.29, 0.717) is 17.7 Å². The number of rotatable bonds is 7. The van der Waals surface area contributed by atoms with E-state index in [4.69, 9.17) is 0 Å². The van der Waals surface area contributed by atoms with Crippen LogP contribution in [0.15, 0.2) is 66.0 Å². The quantitative estimate of drug-likeness (QED) is 0.601. The van der Waals surface area contributed by atoms with Crippen molar-refractivity contribution in [1.29, 1.82) is 0 Å². The SMILES string of the molecule is CC1=C(C)C(=O)N(CCC(=O)NCc2ccc(Cn3cnc4ccccc43)cc2)C1=O. The zero-order valence-corrected chi connectivity index (χ0v) is 17.6. The Morgan fingerprint density at radius 3 is 2.29 bits per heavy atom. The summed E-state index contributed by atoms with van der Waals surface area (Å²) in [5.74, 6) is -0.815. The first-order valence-electron chi connectivity index (χ1n) is 10.2. The average Bonchev–Trinajstić information content (AvgIpc) is 3.27. The van der Waals surface area contributed by atoms with Gasteiger partial charge in [-0.15, -0.1) is 0 Å². The van der Waals surface area contributed by atoms with E-state index in [9.17, 15) is 14.4 Å². The second-order valence-electron chi connectivity index (χ2n) is 7.72. The van der Waals surface area contributed by atoms with E-state index in [1.807, 2.05) is 54.9 Å². The first kappa shape index (κ1) is 20.5. The second kappa shape index (κ2) is 8.55. The lowest BCUT2D eigenvalue weighted by atomic mass is 10.1. The van der Waals surface area contributed by atoms with Gasteiger partial charge in [0.2, 0.25) is 5.91 Å². The van der Waals surface area contributed by atoms with Crippen molar-refractivity contribution < 1.29 is 14.4 Å². The first-order valence-corrected chi connectivity index (χ1v) is 10.2. The zero-order valence-electron chi connectivity index (χ0n) is 17.6. The van der Waals surface area contributed by atoms with Crippen LogP contribution in [-0.4, -0.2) is 38.7 Å². The number of benzene rings is 2. The fraction of sp³-hybridized carbons (Fsp3) is 0.250. The van der Waals surface area contributed by atoms with Gasteiger partial charge in [-0.25, -0.2) is 4.98 Å². The molecule has 3 aromatic rings. The summed E-state index contributed by atoms with van der Waals surface area (Å²) < 4.78 is 2.10. The summed E-state index contributed by atoms with van der Waals surface area (Å²) in [5.41, 5.74) is 5.09. The molecule has 2 aromatic carbocycles. The number of carbonyl (C=O) groups excluding carboxylic acids is 3. The molecular weight excluding hydrogens is 392 g/mol. The number of hydrogen-bond donors (Lipinski definition) is 1. The van der Waals surface area contributed by atoms with Crippen molar-refractivity contribution in [2.24, 2.45) is 0 Å². The van der Waals surface area contributed by atoms with Gasteiger partial charge in [-0.05, 0) is 37.1 Å². The minimum Gasteiger partial charge on any atom is -0.352 e. The molecule has 3 amide bonds. The molecule has 2 heterocycles. The molecule has 1 aromatic heterocycles. The molecule has 31 heavy (non-hydrogen) atoms. The molecule has 0 fully saturated rings. The second-order valence-corrected chi connectivity index (χ2v) is 7.72. The molecule has 1 aliphatic rings. The van der Waals surface area contributed by atoms with Crippen LogP contribution < -0.4 is 5.32 Å². The Bertz CT molecular complexity index is 1170. The number of imidazole rings is 1. The van der Waals surface area contributed by atoms with Gasteiger partial charge in [0.15, 0.2) is 0 Å². The van der Waals surface area contributed by atoms with Gasteiger partial charge in [0.25, 0.3) is 11.8 Å². The maximum absolute atomic E-state index is 12.2. The fourth-order valence-corrected chi connectivity index (χ4v) is 3.62. The van der Waals surface area contributed by atoms with Gasteiger partial charge in [0, 0.05) is 37.2 Å². The van der Waals surface area contributed by atoms with Gasteiger partial charge in [0.05, 0.1) is 17.4 Å². The van der Waals surface area contributed by atoms with E-state index in [1.165, 1.54) is 0 Å². The standard InChI is InChI=1S/C24H24N4O3/c1-16-17(2)24(31)28(23(16)30)12-11-22(29)25-13-18-7-9-19(10-8-18)14-27-15-26-20-5-3-4-6-21(20)27/h3-10,15H,11-14H2,1-2H3,(H,25,29). The molecule has 1 aliphatic heterocycles. The molecule has 0 atom stereocenters. The molecule has 4 rings (SSSR count). The maximum Gasteiger partial charge on any atom is 0.256 e. The predicted molar refractivity (Wildman–Crippen MR) is 117 cm³/mol. The molecule has 0 bridgehead atoms. The van der Waals surface area contributed by atoms with Crippen LogP contribution >= 0.6 is 0 Å². The van der Waals surface area contributed by atoms with Crippen molar-refractivity contribution in [2.75, 3.05) is 6.54 Å². The summed E-state index contributed by atoms with van der Waals surface area (Å²) in [6.07, 6.45) is 1.93. The van der Waals surface area contributed by atoms with Gasteiger partial charge in [-0.2, -0.15) is 0 Å². The zero-order chi connectivity index (χ0) is 22.0. The van der Waals surface area contributed by atoms with Crippen LogP contribution in [0.1, 0.15) is 31.4 Å². The van der Waals surface area contributed by atoms with Crippen LogP contribution in [0.5, 0.6) is 0 Å². The van der Waals surface area contributed by atoms with Crippen LogP contribution in [0, 0.1) is 0 Å². The highest BCUT2D eigenvalue weighted by molar-refractivity contribution is 6.18. The fourth-order valence-electron chi connectivity index (χ4n) is 3.62. The average molecular weight is 416 g/mol. The van der Waals surface area contributed by atoms with Crippen LogP contribution in [0.2, 0.25) is 0 Å². The van der Waals surface area contributed by atoms with E-state index in [1.54, 1.807) is 13.8 Å². The molecular formula is C24H24N4O3. The van der Waals surface area contributed by atoms with E-state index in [-0.39, 0.29) is 30.7 Å². The van der Waals surface area contributed by atoms with Crippen LogP contribution in [0.4, 0.5) is 0 Å². The predicted octanol–water partition coefficient (Wildman–Crippen LogP) is 2.80. The third-order valence-electron chi connectivity index (χ3n) is 5.65. The number of aromatic nitrogens is 2. The summed E-state index contributed by atoms with van der Waals surface area (Å²) in [7, 11) is 0. The van der Waals surface area contributed by atoms with E-state index < -0.39 is 0 Å². The summed E-state index contributed by atoms with van der Waals surface area (Å²) >= 11 is 0. The summed E-state index contributed by atoms with van der Waals surface area (Å²) in [6, 6.07) is 16.1. The normalized spacial score (nSPS) is 14.1. The molecule has 0 saturated heterocycles. The van der Waals surface area contributed by atoms with E-state index in [0.717, 1.165) is 33.6 Å². The lowest BCUT2D eigenvalue weighted by Crippen LogP contribution is -2.35. The molecule has 158 valence electrons. The van der Waals surface area contributed by atoms with Crippen molar-refractivity contribution in [3.8, 4) is 0 Å². The van der Waals surface area contributed by atoms with Crippen molar-refractivity contribution in [3.05, 3.63) is 77.1 Å². The number of para-hydroxylation sites is 2. The Hall–Kier alpha value is -3.74. The van der Waals surface area contributed by atoms with Crippen molar-refractivity contribution in [1.82, 2.24) is 19.8 Å². The minimum atomic E-state index is -0.309. The number of amides is 3. The highest BCUT2D eigenvalue weighted by atomic mass is 16.2. The molecule has 7 heteroatoms. The first-order chi connectivity index (χ1) is 14.9. The van der Waals surface area contributed by atoms with Gasteiger partial charge < -0.3 is 9.88 Å². The molecule has 0 saturated carbocycles. The van der Waals surface area contributed by atoms with Gasteiger partial charge in [-0.1, -0.05) is 36.4 Å². The topological polar surface area (TPSA) is 84.3 Å². The number of nitrogens with one attached hydrogen (secondary N) is 1. The number of imide groups is 1. The van der Waals surface area contributed by atoms with Gasteiger partial charge in [0.1, 0.15) is 0 Å². The Morgan fingerprint density at radius 2 is 1.58 bits per heavy atom. The number of nitrogens with zero attached hydrogens (tertiary/aromatic N) is 3. The Balaban J connectivity index is 1.27. The molecule has 0 spiro atoms. The van der Waals surface area contributed by atoms with E-state index >= 15 is 0 Å². The van der Waals surface area contributed by atoms with Crippen LogP contribution in [0.25, 0.3) is 11.0 Å². The highest BCUT2D eigenvalue weighted by Gasteiger charge is 2.33.